The van der Waals surface area contributed by atoms with Gasteiger partial charge in [0.1, 0.15) is 5.75 Å². The van der Waals surface area contributed by atoms with Crippen molar-refractivity contribution in [1.29, 1.82) is 5.26 Å². The Hall–Kier alpha value is -3.33. The first kappa shape index (κ1) is 18.0. The zero-order valence-corrected chi connectivity index (χ0v) is 13.9. The van der Waals surface area contributed by atoms with Crippen molar-refractivity contribution < 1.29 is 14.3 Å². The van der Waals surface area contributed by atoms with Gasteiger partial charge in [0.05, 0.1) is 18.2 Å². The van der Waals surface area contributed by atoms with E-state index in [0.29, 0.717) is 17.9 Å². The Bertz CT molecular complexity index is 769. The van der Waals surface area contributed by atoms with Crippen molar-refractivity contribution in [2.75, 3.05) is 20.2 Å². The molecule has 2 aromatic carbocycles. The van der Waals surface area contributed by atoms with Crippen molar-refractivity contribution in [2.24, 2.45) is 0 Å². The first-order chi connectivity index (χ1) is 12.1. The number of hydrogen-bond donors (Lipinski definition) is 1. The number of hydrogen-bond acceptors (Lipinski definition) is 4. The van der Waals surface area contributed by atoms with Gasteiger partial charge in [0.15, 0.2) is 6.61 Å². The van der Waals surface area contributed by atoms with Crippen molar-refractivity contribution in [2.45, 2.75) is 6.54 Å². The first-order valence-electron chi connectivity index (χ1n) is 7.76. The van der Waals surface area contributed by atoms with Crippen LogP contribution in [0.4, 0.5) is 0 Å². The van der Waals surface area contributed by atoms with E-state index in [1.807, 2.05) is 24.3 Å². The Balaban J connectivity index is 1.75. The molecule has 2 aromatic rings. The van der Waals surface area contributed by atoms with Crippen LogP contribution in [0.15, 0.2) is 54.6 Å². The summed E-state index contributed by atoms with van der Waals surface area (Å²) >= 11 is 0. The normalized spacial score (nSPS) is 9.76. The molecule has 0 heterocycles. The van der Waals surface area contributed by atoms with E-state index in [4.69, 9.17) is 10.00 Å². The summed E-state index contributed by atoms with van der Waals surface area (Å²) in [5, 5.41) is 11.4. The number of benzene rings is 2. The molecule has 0 aliphatic heterocycles. The van der Waals surface area contributed by atoms with Gasteiger partial charge in [0.25, 0.3) is 5.91 Å². The summed E-state index contributed by atoms with van der Waals surface area (Å²) in [6.07, 6.45) is 0. The van der Waals surface area contributed by atoms with Crippen molar-refractivity contribution in [1.82, 2.24) is 10.2 Å². The van der Waals surface area contributed by atoms with Crippen LogP contribution in [0.1, 0.15) is 11.1 Å². The molecule has 25 heavy (non-hydrogen) atoms. The van der Waals surface area contributed by atoms with Gasteiger partial charge in [-0.3, -0.25) is 9.59 Å². The molecule has 6 heteroatoms. The van der Waals surface area contributed by atoms with E-state index in [9.17, 15) is 9.59 Å². The van der Waals surface area contributed by atoms with Crippen LogP contribution in [0.25, 0.3) is 0 Å². The van der Waals surface area contributed by atoms with Gasteiger partial charge in [-0.2, -0.15) is 5.26 Å². The monoisotopic (exact) mass is 337 g/mol. The lowest BCUT2D eigenvalue weighted by atomic mass is 10.1. The smallest absolute Gasteiger partial charge is 0.258 e. The summed E-state index contributed by atoms with van der Waals surface area (Å²) in [5.74, 6) is 0.00553. The third-order valence-corrected chi connectivity index (χ3v) is 3.45. The molecule has 0 aliphatic carbocycles. The Morgan fingerprint density at radius 1 is 1.16 bits per heavy atom. The van der Waals surface area contributed by atoms with Crippen molar-refractivity contribution in [3.63, 3.8) is 0 Å². The molecule has 0 spiro atoms. The quantitative estimate of drug-likeness (QED) is 0.834. The number of nitrogens with one attached hydrogen (secondary N) is 1. The van der Waals surface area contributed by atoms with Crippen LogP contribution in [0.2, 0.25) is 0 Å². The van der Waals surface area contributed by atoms with Crippen molar-refractivity contribution in [3.8, 4) is 11.8 Å². The van der Waals surface area contributed by atoms with E-state index in [0.717, 1.165) is 5.56 Å². The molecule has 2 amide bonds. The van der Waals surface area contributed by atoms with Crippen molar-refractivity contribution in [3.05, 3.63) is 65.7 Å². The minimum Gasteiger partial charge on any atom is -0.484 e. The lowest BCUT2D eigenvalue weighted by Gasteiger charge is -2.17. The number of likely N-dealkylation sites (N-methyl/N-ethyl adjacent to an activating group) is 1. The maximum absolute atomic E-state index is 12.1. The second-order valence-corrected chi connectivity index (χ2v) is 5.44. The largest absolute Gasteiger partial charge is 0.484 e. The van der Waals surface area contributed by atoms with Crippen LogP contribution >= 0.6 is 0 Å². The highest BCUT2D eigenvalue weighted by Crippen LogP contribution is 2.08. The molecule has 0 saturated carbocycles. The number of carbonyl (C=O) groups is 2. The van der Waals surface area contributed by atoms with E-state index in [2.05, 4.69) is 11.4 Å². The third kappa shape index (κ3) is 5.99. The Labute approximate surface area is 146 Å². The molecular weight excluding hydrogens is 318 g/mol. The molecule has 0 saturated heterocycles. The zero-order valence-electron chi connectivity index (χ0n) is 13.9. The molecule has 2 rings (SSSR count). The average molecular weight is 337 g/mol. The van der Waals surface area contributed by atoms with Gasteiger partial charge in [-0.1, -0.05) is 30.3 Å². The van der Waals surface area contributed by atoms with Crippen LogP contribution < -0.4 is 10.1 Å². The second-order valence-electron chi connectivity index (χ2n) is 5.44. The lowest BCUT2D eigenvalue weighted by molar-refractivity contribution is -0.132. The number of rotatable bonds is 7. The third-order valence-electron chi connectivity index (χ3n) is 3.45. The highest BCUT2D eigenvalue weighted by atomic mass is 16.5. The SMILES string of the molecule is CN(Cc1cccc(C#N)c1)C(=O)CNC(=O)COc1ccccc1. The average Bonchev–Trinajstić information content (AvgIpc) is 2.65. The highest BCUT2D eigenvalue weighted by molar-refractivity contribution is 5.85. The van der Waals surface area contributed by atoms with Gasteiger partial charge in [-0.05, 0) is 29.8 Å². The number of nitriles is 1. The molecule has 0 radical (unpaired) electrons. The summed E-state index contributed by atoms with van der Waals surface area (Å²) < 4.78 is 5.31. The predicted molar refractivity (Wildman–Crippen MR) is 92.6 cm³/mol. The number of para-hydroxylation sites is 1. The Morgan fingerprint density at radius 3 is 2.64 bits per heavy atom. The van der Waals surface area contributed by atoms with Crippen molar-refractivity contribution >= 4 is 11.8 Å². The van der Waals surface area contributed by atoms with Gasteiger partial charge in [0, 0.05) is 13.6 Å². The van der Waals surface area contributed by atoms with Crippen LogP contribution in [0.5, 0.6) is 5.75 Å². The molecule has 128 valence electrons. The number of ether oxygens (including phenoxy) is 1. The standard InChI is InChI=1S/C19H19N3O3/c1-22(13-16-7-5-6-15(10-16)11-20)19(24)12-21-18(23)14-25-17-8-3-2-4-9-17/h2-10H,12-14H2,1H3,(H,21,23). The number of nitrogens with zero attached hydrogens (tertiary/aromatic N) is 2. The van der Waals surface area contributed by atoms with E-state index in [1.54, 1.807) is 37.4 Å². The summed E-state index contributed by atoms with van der Waals surface area (Å²) in [4.78, 5) is 25.3. The maximum Gasteiger partial charge on any atom is 0.258 e. The number of amides is 2. The molecule has 0 bridgehead atoms. The van der Waals surface area contributed by atoms with Crippen LogP contribution in [-0.4, -0.2) is 36.9 Å². The minimum absolute atomic E-state index is 0.106. The van der Waals surface area contributed by atoms with Gasteiger partial charge in [-0.25, -0.2) is 0 Å². The second kappa shape index (κ2) is 9.08. The molecule has 1 N–H and O–H groups in total. The fraction of sp³-hybridized carbons (Fsp3) is 0.211. The van der Waals surface area contributed by atoms with Gasteiger partial charge < -0.3 is 15.0 Å². The molecular formula is C19H19N3O3. The van der Waals surface area contributed by atoms with E-state index in [1.165, 1.54) is 4.90 Å². The number of carbonyl (C=O) groups excluding carboxylic acids is 2. The van der Waals surface area contributed by atoms with E-state index < -0.39 is 0 Å². The van der Waals surface area contributed by atoms with Gasteiger partial charge >= 0.3 is 0 Å². The summed E-state index contributed by atoms with van der Waals surface area (Å²) in [6.45, 7) is 0.112. The van der Waals surface area contributed by atoms with Crippen LogP contribution in [0.3, 0.4) is 0 Å². The molecule has 0 atom stereocenters. The van der Waals surface area contributed by atoms with Gasteiger partial charge in [-0.15, -0.1) is 0 Å². The van der Waals surface area contributed by atoms with E-state index >= 15 is 0 Å². The summed E-state index contributed by atoms with van der Waals surface area (Å²) in [5.41, 5.74) is 1.40. The van der Waals surface area contributed by atoms with Gasteiger partial charge in [0.2, 0.25) is 5.91 Å². The zero-order chi connectivity index (χ0) is 18.1. The molecule has 6 nitrogen and oxygen atoms in total. The fourth-order valence-electron chi connectivity index (χ4n) is 2.13. The predicted octanol–water partition coefficient (Wildman–Crippen LogP) is 1.71. The Kier molecular flexibility index (Phi) is 6.55. The van der Waals surface area contributed by atoms with Crippen LogP contribution in [-0.2, 0) is 16.1 Å². The molecule has 0 aliphatic rings. The summed E-state index contributed by atoms with van der Waals surface area (Å²) in [6, 6.07) is 18.1. The summed E-state index contributed by atoms with van der Waals surface area (Å²) in [7, 11) is 1.65. The maximum atomic E-state index is 12.1. The first-order valence-corrected chi connectivity index (χ1v) is 7.76. The van der Waals surface area contributed by atoms with E-state index in [-0.39, 0.29) is 25.0 Å². The Morgan fingerprint density at radius 2 is 1.92 bits per heavy atom. The fourth-order valence-corrected chi connectivity index (χ4v) is 2.13. The molecule has 0 unspecified atom stereocenters. The highest BCUT2D eigenvalue weighted by Gasteiger charge is 2.11. The molecule has 0 aromatic heterocycles. The lowest BCUT2D eigenvalue weighted by Crippen LogP contribution is -2.39. The van der Waals surface area contributed by atoms with Crippen LogP contribution in [0, 0.1) is 11.3 Å². The molecule has 0 fully saturated rings. The minimum atomic E-state index is -0.364. The topological polar surface area (TPSA) is 82.4 Å².